The van der Waals surface area contributed by atoms with E-state index in [2.05, 4.69) is 27.6 Å². The molecule has 0 bridgehead atoms. The molecule has 0 spiro atoms. The number of benzene rings is 1. The van der Waals surface area contributed by atoms with Crippen LogP contribution >= 0.6 is 22.6 Å². The lowest BCUT2D eigenvalue weighted by Gasteiger charge is -2.02. The molecule has 0 aliphatic carbocycles. The fourth-order valence-electron chi connectivity index (χ4n) is 1.46. The van der Waals surface area contributed by atoms with E-state index in [0.717, 1.165) is 26.5 Å². The molecule has 1 aromatic heterocycles. The first-order valence-electron chi connectivity index (χ1n) is 4.23. The van der Waals surface area contributed by atoms with Gasteiger partial charge in [-0.05, 0) is 53.8 Å². The van der Waals surface area contributed by atoms with E-state index in [9.17, 15) is 4.79 Å². The zero-order valence-electron chi connectivity index (χ0n) is 7.62. The topological polar surface area (TPSA) is 30.0 Å². The summed E-state index contributed by atoms with van der Waals surface area (Å²) in [4.78, 5) is 15.2. The highest BCUT2D eigenvalue weighted by molar-refractivity contribution is 14.1. The van der Waals surface area contributed by atoms with Crippen molar-refractivity contribution >= 4 is 39.8 Å². The Hall–Kier alpha value is -0.970. The second kappa shape index (κ2) is 3.65. The molecule has 1 aromatic carbocycles. The average molecular weight is 297 g/mol. The molecule has 0 aliphatic heterocycles. The monoisotopic (exact) mass is 297 g/mol. The molecule has 0 saturated heterocycles. The van der Waals surface area contributed by atoms with E-state index >= 15 is 0 Å². The summed E-state index contributed by atoms with van der Waals surface area (Å²) in [7, 11) is 0. The summed E-state index contributed by atoms with van der Waals surface area (Å²) in [6, 6.07) is 7.72. The van der Waals surface area contributed by atoms with Gasteiger partial charge in [0.2, 0.25) is 0 Å². The lowest BCUT2D eigenvalue weighted by molar-refractivity contribution is 0.112. The molecular formula is C11H8INO. The molecule has 0 aliphatic rings. The fourth-order valence-corrected chi connectivity index (χ4v) is 1.95. The van der Waals surface area contributed by atoms with Gasteiger partial charge in [0.25, 0.3) is 0 Å². The molecule has 0 radical (unpaired) electrons. The highest BCUT2D eigenvalue weighted by Crippen LogP contribution is 2.19. The van der Waals surface area contributed by atoms with Crippen LogP contribution in [0.15, 0.2) is 24.3 Å². The van der Waals surface area contributed by atoms with Crippen LogP contribution in [0.3, 0.4) is 0 Å². The minimum atomic E-state index is 0.714. The summed E-state index contributed by atoms with van der Waals surface area (Å²) in [6.45, 7) is 1.89. The number of hydrogen-bond donors (Lipinski definition) is 0. The Balaban J connectivity index is 2.88. The van der Waals surface area contributed by atoms with Gasteiger partial charge in [-0.2, -0.15) is 0 Å². The van der Waals surface area contributed by atoms with Gasteiger partial charge in [0, 0.05) is 20.2 Å². The van der Waals surface area contributed by atoms with Gasteiger partial charge in [0.15, 0.2) is 6.29 Å². The zero-order valence-corrected chi connectivity index (χ0v) is 9.78. The normalized spacial score (nSPS) is 10.4. The Labute approximate surface area is 95.5 Å². The van der Waals surface area contributed by atoms with E-state index in [0.29, 0.717) is 5.56 Å². The van der Waals surface area contributed by atoms with Gasteiger partial charge >= 0.3 is 0 Å². The highest BCUT2D eigenvalue weighted by atomic mass is 127. The van der Waals surface area contributed by atoms with Crippen molar-refractivity contribution in [3.8, 4) is 0 Å². The summed E-state index contributed by atoms with van der Waals surface area (Å²) in [5.74, 6) is 0. The minimum Gasteiger partial charge on any atom is -0.298 e. The van der Waals surface area contributed by atoms with E-state index < -0.39 is 0 Å². The van der Waals surface area contributed by atoms with Crippen LogP contribution in [0.2, 0.25) is 0 Å². The first kappa shape index (κ1) is 9.58. The van der Waals surface area contributed by atoms with Crippen LogP contribution in [0.4, 0.5) is 0 Å². The molecule has 2 rings (SSSR count). The van der Waals surface area contributed by atoms with Crippen molar-refractivity contribution in [2.45, 2.75) is 6.92 Å². The zero-order chi connectivity index (χ0) is 10.1. The summed E-state index contributed by atoms with van der Waals surface area (Å²) in [5, 5.41) is 0.928. The molecule has 0 atom stereocenters. The molecule has 3 heteroatoms. The van der Waals surface area contributed by atoms with Crippen LogP contribution in [0.1, 0.15) is 16.1 Å². The number of halogens is 1. The van der Waals surface area contributed by atoms with Gasteiger partial charge in [0.1, 0.15) is 0 Å². The first-order chi connectivity index (χ1) is 6.70. The maximum absolute atomic E-state index is 10.9. The third kappa shape index (κ3) is 1.64. The van der Waals surface area contributed by atoms with Crippen LogP contribution in [0, 0.1) is 10.5 Å². The van der Waals surface area contributed by atoms with Gasteiger partial charge < -0.3 is 0 Å². The third-order valence-electron chi connectivity index (χ3n) is 2.06. The van der Waals surface area contributed by atoms with E-state index in [-0.39, 0.29) is 0 Å². The maximum Gasteiger partial charge on any atom is 0.150 e. The van der Waals surface area contributed by atoms with Crippen LogP contribution in [0.25, 0.3) is 10.9 Å². The van der Waals surface area contributed by atoms with Gasteiger partial charge in [-0.3, -0.25) is 9.78 Å². The third-order valence-corrected chi connectivity index (χ3v) is 2.73. The standard InChI is InChI=1S/C11H8INO/c1-7-4-8(6-14)10-5-9(12)2-3-11(10)13-7/h2-6H,1H3. The molecule has 0 unspecified atom stereocenters. The van der Waals surface area contributed by atoms with E-state index in [1.54, 1.807) is 0 Å². The van der Waals surface area contributed by atoms with E-state index in [1.807, 2.05) is 31.2 Å². The average Bonchev–Trinajstić information content (AvgIpc) is 2.17. The van der Waals surface area contributed by atoms with E-state index in [4.69, 9.17) is 0 Å². The number of fused-ring (bicyclic) bond motifs is 1. The van der Waals surface area contributed by atoms with Crippen LogP contribution < -0.4 is 0 Å². The number of hydrogen-bond acceptors (Lipinski definition) is 2. The van der Waals surface area contributed by atoms with Crippen molar-refractivity contribution in [3.63, 3.8) is 0 Å². The quantitative estimate of drug-likeness (QED) is 0.598. The van der Waals surface area contributed by atoms with Gasteiger partial charge in [-0.1, -0.05) is 0 Å². The number of pyridine rings is 1. The highest BCUT2D eigenvalue weighted by Gasteiger charge is 2.03. The van der Waals surface area contributed by atoms with Gasteiger partial charge in [0.05, 0.1) is 5.52 Å². The van der Waals surface area contributed by atoms with Crippen LogP contribution in [0.5, 0.6) is 0 Å². The summed E-state index contributed by atoms with van der Waals surface area (Å²) < 4.78 is 1.11. The molecule has 70 valence electrons. The Bertz CT molecular complexity index is 508. The SMILES string of the molecule is Cc1cc(C=O)c2cc(I)ccc2n1. The van der Waals surface area contributed by atoms with E-state index in [1.165, 1.54) is 0 Å². The van der Waals surface area contributed by atoms with Crippen molar-refractivity contribution in [2.24, 2.45) is 0 Å². The number of nitrogens with zero attached hydrogens (tertiary/aromatic N) is 1. The molecule has 14 heavy (non-hydrogen) atoms. The summed E-state index contributed by atoms with van der Waals surface area (Å²) in [6.07, 6.45) is 0.882. The number of carbonyl (C=O) groups is 1. The van der Waals surface area contributed by atoms with Crippen molar-refractivity contribution in [1.29, 1.82) is 0 Å². The van der Waals surface area contributed by atoms with Gasteiger partial charge in [-0.25, -0.2) is 0 Å². The fraction of sp³-hybridized carbons (Fsp3) is 0.0909. The molecular weight excluding hydrogens is 289 g/mol. The van der Waals surface area contributed by atoms with Gasteiger partial charge in [-0.15, -0.1) is 0 Å². The first-order valence-corrected chi connectivity index (χ1v) is 5.30. The number of rotatable bonds is 1. The summed E-state index contributed by atoms with van der Waals surface area (Å²) in [5.41, 5.74) is 2.47. The molecule has 2 aromatic rings. The molecule has 1 heterocycles. The van der Waals surface area contributed by atoms with Crippen LogP contribution in [-0.4, -0.2) is 11.3 Å². The summed E-state index contributed by atoms with van der Waals surface area (Å²) >= 11 is 2.23. The maximum atomic E-state index is 10.9. The Morgan fingerprint density at radius 3 is 2.86 bits per heavy atom. The van der Waals surface area contributed by atoms with Crippen LogP contribution in [-0.2, 0) is 0 Å². The number of aryl methyl sites for hydroxylation is 1. The minimum absolute atomic E-state index is 0.714. The van der Waals surface area contributed by atoms with Crippen molar-refractivity contribution in [1.82, 2.24) is 4.98 Å². The number of aldehydes is 1. The molecule has 0 N–H and O–H groups in total. The predicted molar refractivity (Wildman–Crippen MR) is 64.6 cm³/mol. The number of carbonyl (C=O) groups excluding carboxylic acids is 1. The largest absolute Gasteiger partial charge is 0.298 e. The lowest BCUT2D eigenvalue weighted by Crippen LogP contribution is -1.90. The molecule has 0 amide bonds. The molecule has 0 fully saturated rings. The lowest BCUT2D eigenvalue weighted by atomic mass is 10.1. The number of aromatic nitrogens is 1. The smallest absolute Gasteiger partial charge is 0.150 e. The predicted octanol–water partition coefficient (Wildman–Crippen LogP) is 2.96. The Kier molecular flexibility index (Phi) is 2.50. The molecule has 0 saturated carbocycles. The Morgan fingerprint density at radius 2 is 2.14 bits per heavy atom. The second-order valence-electron chi connectivity index (χ2n) is 3.13. The molecule has 2 nitrogen and oxygen atoms in total. The van der Waals surface area contributed by atoms with Crippen molar-refractivity contribution in [2.75, 3.05) is 0 Å². The Morgan fingerprint density at radius 1 is 1.36 bits per heavy atom. The van der Waals surface area contributed by atoms with Crippen molar-refractivity contribution in [3.05, 3.63) is 39.1 Å². The van der Waals surface area contributed by atoms with Crippen molar-refractivity contribution < 1.29 is 4.79 Å². The second-order valence-corrected chi connectivity index (χ2v) is 4.38.